The Kier molecular flexibility index (Phi) is 4.17. The molecular weight excluding hydrogens is 283 g/mol. The molecule has 4 heteroatoms. The van der Waals surface area contributed by atoms with Crippen molar-refractivity contribution in [2.45, 2.75) is 12.8 Å². The summed E-state index contributed by atoms with van der Waals surface area (Å²) in [4.78, 5) is 10.3. The van der Waals surface area contributed by atoms with Gasteiger partial charge in [0.2, 0.25) is 0 Å². The number of hydrogen-bond donors (Lipinski definition) is 2. The first-order chi connectivity index (χ1) is 6.22. The Morgan fingerprint density at radius 2 is 1.92 bits per heavy atom. The molecule has 3 nitrogen and oxygen atoms in total. The SMILES string of the molecule is O=C(O)CCc1ccc([I-]O)cc1. The summed E-state index contributed by atoms with van der Waals surface area (Å²) in [6, 6.07) is 7.44. The van der Waals surface area contributed by atoms with Gasteiger partial charge in [-0.3, -0.25) is 0 Å². The summed E-state index contributed by atoms with van der Waals surface area (Å²) >= 11 is -0.842. The second-order valence-electron chi connectivity index (χ2n) is 2.60. The predicted molar refractivity (Wildman–Crippen MR) is 43.3 cm³/mol. The van der Waals surface area contributed by atoms with Crippen LogP contribution < -0.4 is 21.6 Å². The zero-order chi connectivity index (χ0) is 9.68. The zero-order valence-corrected chi connectivity index (χ0v) is 9.06. The molecule has 0 amide bonds. The first-order valence-corrected chi connectivity index (χ1v) is 5.86. The van der Waals surface area contributed by atoms with Gasteiger partial charge in [0.25, 0.3) is 0 Å². The van der Waals surface area contributed by atoms with Gasteiger partial charge in [0.15, 0.2) is 0 Å². The molecule has 72 valence electrons. The van der Waals surface area contributed by atoms with Crippen LogP contribution in [0.5, 0.6) is 0 Å². The van der Waals surface area contributed by atoms with Gasteiger partial charge >= 0.3 is 87.2 Å². The maximum atomic E-state index is 10.3. The van der Waals surface area contributed by atoms with Crippen LogP contribution in [0.25, 0.3) is 0 Å². The Morgan fingerprint density at radius 3 is 2.38 bits per heavy atom. The Hall–Kier alpha value is -0.620. The Balaban J connectivity index is 2.54. The van der Waals surface area contributed by atoms with Gasteiger partial charge in [0.05, 0.1) is 0 Å². The molecule has 0 bridgehead atoms. The van der Waals surface area contributed by atoms with Crippen molar-refractivity contribution in [2.24, 2.45) is 0 Å². The first-order valence-electron chi connectivity index (χ1n) is 3.81. The molecule has 0 aliphatic carbocycles. The number of carbonyl (C=O) groups is 1. The summed E-state index contributed by atoms with van der Waals surface area (Å²) in [7, 11) is 0. The van der Waals surface area contributed by atoms with E-state index in [0.29, 0.717) is 6.42 Å². The Bertz CT molecular complexity index is 281. The molecule has 0 unspecified atom stereocenters. The van der Waals surface area contributed by atoms with Crippen molar-refractivity contribution in [2.75, 3.05) is 0 Å². The molecule has 0 saturated heterocycles. The van der Waals surface area contributed by atoms with E-state index in [1.54, 1.807) is 0 Å². The van der Waals surface area contributed by atoms with Crippen LogP contribution in [0.3, 0.4) is 0 Å². The fourth-order valence-electron chi connectivity index (χ4n) is 0.959. The number of aliphatic carboxylic acids is 1. The number of rotatable bonds is 4. The van der Waals surface area contributed by atoms with E-state index in [1.807, 2.05) is 24.3 Å². The fourth-order valence-corrected chi connectivity index (χ4v) is 1.64. The molecule has 0 radical (unpaired) electrons. The molecule has 0 heterocycles. The summed E-state index contributed by atoms with van der Waals surface area (Å²) < 4.78 is 9.82. The molecule has 1 rings (SSSR count). The Morgan fingerprint density at radius 1 is 1.31 bits per heavy atom. The minimum atomic E-state index is -0.842. The number of hydrogen-bond acceptors (Lipinski definition) is 2. The normalized spacial score (nSPS) is 10.2. The van der Waals surface area contributed by atoms with Gasteiger partial charge in [0.1, 0.15) is 0 Å². The van der Waals surface area contributed by atoms with Gasteiger partial charge < -0.3 is 0 Å². The third-order valence-corrected chi connectivity index (χ3v) is 2.91. The van der Waals surface area contributed by atoms with Crippen LogP contribution in [0.15, 0.2) is 24.3 Å². The molecule has 2 N–H and O–H groups in total. The molecule has 0 aliphatic rings. The van der Waals surface area contributed by atoms with Crippen LogP contribution in [0.1, 0.15) is 12.0 Å². The summed E-state index contributed by atoms with van der Waals surface area (Å²) in [5.74, 6) is -0.779. The third-order valence-electron chi connectivity index (χ3n) is 1.64. The van der Waals surface area contributed by atoms with E-state index in [4.69, 9.17) is 8.54 Å². The monoisotopic (exact) mass is 293 g/mol. The van der Waals surface area contributed by atoms with Crippen LogP contribution in [0, 0.1) is 3.57 Å². The average molecular weight is 293 g/mol. The number of aryl methyl sites for hydroxylation is 1. The molecule has 1 aromatic carbocycles. The number of carboxylic acid groups (broad SMARTS) is 1. The van der Waals surface area contributed by atoms with E-state index < -0.39 is 27.6 Å². The van der Waals surface area contributed by atoms with E-state index in [-0.39, 0.29) is 6.42 Å². The summed E-state index contributed by atoms with van der Waals surface area (Å²) in [5.41, 5.74) is 1.00. The third kappa shape index (κ3) is 3.73. The van der Waals surface area contributed by atoms with Crippen LogP contribution in [0.4, 0.5) is 0 Å². The molecule has 0 atom stereocenters. The predicted octanol–water partition coefficient (Wildman–Crippen LogP) is -2.13. The average Bonchev–Trinajstić information content (AvgIpc) is 2.15. The van der Waals surface area contributed by atoms with Crippen molar-refractivity contribution in [3.63, 3.8) is 0 Å². The molecular formula is C9H10IO3-. The van der Waals surface area contributed by atoms with E-state index in [9.17, 15) is 4.79 Å². The fraction of sp³-hybridized carbons (Fsp3) is 0.222. The standard InChI is InChI=1S/C9H10IO3/c11-9(12)6-3-7-1-4-8(10-13)5-2-7/h1-2,4-5,13H,3,6H2,(H,11,12)/q-1. The van der Waals surface area contributed by atoms with Crippen molar-refractivity contribution in [3.8, 4) is 0 Å². The zero-order valence-electron chi connectivity index (χ0n) is 6.90. The van der Waals surface area contributed by atoms with Crippen LogP contribution >= 0.6 is 0 Å². The van der Waals surface area contributed by atoms with Gasteiger partial charge in [-0.2, -0.15) is 0 Å². The van der Waals surface area contributed by atoms with Crippen LogP contribution in [-0.2, 0) is 11.2 Å². The second-order valence-corrected chi connectivity index (χ2v) is 4.33. The van der Waals surface area contributed by atoms with Crippen LogP contribution in [-0.4, -0.2) is 14.5 Å². The van der Waals surface area contributed by atoms with Crippen molar-refractivity contribution >= 4 is 5.97 Å². The van der Waals surface area contributed by atoms with Crippen molar-refractivity contribution < 1.29 is 35.0 Å². The van der Waals surface area contributed by atoms with E-state index in [0.717, 1.165) is 9.13 Å². The Labute approximate surface area is 87.2 Å². The molecule has 13 heavy (non-hydrogen) atoms. The maximum absolute atomic E-state index is 10.3. The summed E-state index contributed by atoms with van der Waals surface area (Å²) in [6.07, 6.45) is 0.715. The number of carboxylic acids is 1. The van der Waals surface area contributed by atoms with E-state index >= 15 is 0 Å². The first kappa shape index (κ1) is 10.5. The quantitative estimate of drug-likeness (QED) is 0.624. The molecule has 0 aliphatic heterocycles. The molecule has 0 spiro atoms. The molecule has 0 fully saturated rings. The summed E-state index contributed by atoms with van der Waals surface area (Å²) in [6.45, 7) is 0. The topological polar surface area (TPSA) is 57.5 Å². The molecule has 0 aromatic heterocycles. The molecule has 1 aromatic rings. The van der Waals surface area contributed by atoms with Crippen molar-refractivity contribution in [1.29, 1.82) is 0 Å². The van der Waals surface area contributed by atoms with Crippen LogP contribution in [0.2, 0.25) is 0 Å². The number of halogens is 1. The van der Waals surface area contributed by atoms with Gasteiger partial charge in [-0.1, -0.05) is 0 Å². The molecule has 0 saturated carbocycles. The van der Waals surface area contributed by atoms with E-state index in [1.165, 1.54) is 0 Å². The second kappa shape index (κ2) is 5.18. The van der Waals surface area contributed by atoms with E-state index in [2.05, 4.69) is 0 Å². The number of benzene rings is 1. The minimum absolute atomic E-state index is 0.160. The van der Waals surface area contributed by atoms with Crippen molar-refractivity contribution in [1.82, 2.24) is 0 Å². The van der Waals surface area contributed by atoms with Gasteiger partial charge in [0, 0.05) is 0 Å². The van der Waals surface area contributed by atoms with Gasteiger partial charge in [-0.05, 0) is 0 Å². The van der Waals surface area contributed by atoms with Crippen molar-refractivity contribution in [3.05, 3.63) is 33.4 Å². The van der Waals surface area contributed by atoms with Gasteiger partial charge in [-0.15, -0.1) is 0 Å². The van der Waals surface area contributed by atoms with Gasteiger partial charge in [-0.25, -0.2) is 0 Å². The summed E-state index contributed by atoms with van der Waals surface area (Å²) in [5, 5.41) is 8.44.